The van der Waals surface area contributed by atoms with Gasteiger partial charge in [0.05, 0.1) is 17.6 Å². The molecule has 0 atom stereocenters. The number of hydrogen-bond acceptors (Lipinski definition) is 6. The number of nitrogens with two attached hydrogens (primary N) is 1. The van der Waals surface area contributed by atoms with Crippen molar-refractivity contribution in [3.8, 4) is 5.88 Å². The summed E-state index contributed by atoms with van der Waals surface area (Å²) in [5.74, 6) is 0.818. The van der Waals surface area contributed by atoms with Crippen LogP contribution in [-0.2, 0) is 11.2 Å². The van der Waals surface area contributed by atoms with E-state index in [4.69, 9.17) is 15.2 Å². The monoisotopic (exact) mass is 295 g/mol. The summed E-state index contributed by atoms with van der Waals surface area (Å²) in [6.45, 7) is 6.70. The third-order valence-electron chi connectivity index (χ3n) is 3.27. The van der Waals surface area contributed by atoms with Gasteiger partial charge in [0.2, 0.25) is 11.8 Å². The van der Waals surface area contributed by atoms with Crippen molar-refractivity contribution in [1.29, 1.82) is 0 Å². The first-order chi connectivity index (χ1) is 9.45. The Labute approximate surface area is 123 Å². The van der Waals surface area contributed by atoms with Crippen LogP contribution in [0.15, 0.2) is 6.07 Å². The number of rotatable bonds is 6. The molecule has 2 aromatic rings. The van der Waals surface area contributed by atoms with Gasteiger partial charge in [-0.2, -0.15) is 4.98 Å². The molecule has 6 heteroatoms. The van der Waals surface area contributed by atoms with Gasteiger partial charge in [0.25, 0.3) is 0 Å². The average Bonchev–Trinajstić information content (AvgIpc) is 2.81. The molecule has 2 rings (SSSR count). The molecule has 2 heterocycles. The van der Waals surface area contributed by atoms with Crippen LogP contribution in [-0.4, -0.2) is 29.3 Å². The highest BCUT2D eigenvalue weighted by atomic mass is 32.1. The first kappa shape index (κ1) is 15.0. The number of fused-ring (bicyclic) bond motifs is 1. The van der Waals surface area contributed by atoms with E-state index in [1.54, 1.807) is 18.4 Å². The molecule has 0 aliphatic heterocycles. The van der Waals surface area contributed by atoms with Gasteiger partial charge in [-0.05, 0) is 26.3 Å². The van der Waals surface area contributed by atoms with Gasteiger partial charge < -0.3 is 15.2 Å². The second-order valence-electron chi connectivity index (χ2n) is 5.23. The van der Waals surface area contributed by atoms with E-state index in [1.165, 1.54) is 4.88 Å². The first-order valence-electron chi connectivity index (χ1n) is 6.69. The maximum absolute atomic E-state index is 5.79. The Bertz CT molecular complexity index is 595. The van der Waals surface area contributed by atoms with Crippen molar-refractivity contribution in [2.45, 2.75) is 39.2 Å². The van der Waals surface area contributed by atoms with E-state index in [2.05, 4.69) is 23.0 Å². The van der Waals surface area contributed by atoms with Crippen LogP contribution in [0, 0.1) is 0 Å². The molecule has 20 heavy (non-hydrogen) atoms. The van der Waals surface area contributed by atoms with E-state index >= 15 is 0 Å². The molecule has 0 aliphatic rings. The molecule has 0 unspecified atom stereocenters. The number of anilines is 1. The third kappa shape index (κ3) is 3.37. The number of methoxy groups -OCH3 is 1. The van der Waals surface area contributed by atoms with Gasteiger partial charge >= 0.3 is 0 Å². The fraction of sp³-hybridized carbons (Fsp3) is 0.571. The summed E-state index contributed by atoms with van der Waals surface area (Å²) in [5.41, 5.74) is 5.53. The van der Waals surface area contributed by atoms with Gasteiger partial charge in [0.1, 0.15) is 4.83 Å². The van der Waals surface area contributed by atoms with Crippen molar-refractivity contribution in [2.24, 2.45) is 0 Å². The Kier molecular flexibility index (Phi) is 4.45. The summed E-state index contributed by atoms with van der Waals surface area (Å²) in [5, 5.41) is 0.941. The van der Waals surface area contributed by atoms with Crippen LogP contribution < -0.4 is 10.5 Å². The normalized spacial score (nSPS) is 12.0. The minimum atomic E-state index is -0.207. The molecule has 0 saturated heterocycles. The second-order valence-corrected chi connectivity index (χ2v) is 6.35. The molecule has 0 aromatic carbocycles. The number of nitrogen functional groups attached to an aromatic ring is 1. The van der Waals surface area contributed by atoms with E-state index < -0.39 is 0 Å². The zero-order valence-corrected chi connectivity index (χ0v) is 13.2. The summed E-state index contributed by atoms with van der Waals surface area (Å²) in [6, 6.07) is 2.08. The lowest BCUT2D eigenvalue weighted by Gasteiger charge is -2.22. The van der Waals surface area contributed by atoms with Gasteiger partial charge in [-0.25, -0.2) is 4.98 Å². The van der Waals surface area contributed by atoms with Crippen LogP contribution in [0.5, 0.6) is 5.88 Å². The van der Waals surface area contributed by atoms with Gasteiger partial charge in [0.15, 0.2) is 0 Å². The van der Waals surface area contributed by atoms with Crippen LogP contribution in [0.25, 0.3) is 10.2 Å². The maximum Gasteiger partial charge on any atom is 0.227 e. The average molecular weight is 295 g/mol. The third-order valence-corrected chi connectivity index (χ3v) is 4.44. The van der Waals surface area contributed by atoms with Crippen LogP contribution in [0.1, 0.15) is 32.1 Å². The molecule has 2 N–H and O–H groups in total. The summed E-state index contributed by atoms with van der Waals surface area (Å²) in [6.07, 6.45) is 1.75. The number of thiophene rings is 1. The van der Waals surface area contributed by atoms with Crippen molar-refractivity contribution >= 4 is 27.5 Å². The molecule has 0 bridgehead atoms. The molecule has 0 spiro atoms. The largest absolute Gasteiger partial charge is 0.477 e. The SMILES string of the molecule is CCc1cc2c(OCCC(C)(C)OC)nc(N)nc2s1. The molecule has 0 amide bonds. The minimum Gasteiger partial charge on any atom is -0.477 e. The number of aryl methyl sites for hydroxylation is 1. The highest BCUT2D eigenvalue weighted by Crippen LogP contribution is 2.31. The van der Waals surface area contributed by atoms with Crippen LogP contribution in [0.3, 0.4) is 0 Å². The molecule has 110 valence electrons. The highest BCUT2D eigenvalue weighted by Gasteiger charge is 2.17. The van der Waals surface area contributed by atoms with Crippen molar-refractivity contribution in [3.05, 3.63) is 10.9 Å². The van der Waals surface area contributed by atoms with E-state index in [-0.39, 0.29) is 11.5 Å². The zero-order chi connectivity index (χ0) is 14.8. The van der Waals surface area contributed by atoms with Gasteiger partial charge in [0, 0.05) is 18.4 Å². The summed E-state index contributed by atoms with van der Waals surface area (Å²) >= 11 is 1.63. The van der Waals surface area contributed by atoms with Gasteiger partial charge in [-0.1, -0.05) is 6.92 Å². The Morgan fingerprint density at radius 1 is 1.35 bits per heavy atom. The number of nitrogens with zero attached hydrogens (tertiary/aromatic N) is 2. The number of ether oxygens (including phenoxy) is 2. The first-order valence-corrected chi connectivity index (χ1v) is 7.50. The number of aromatic nitrogens is 2. The molecular formula is C14H21N3O2S. The second kappa shape index (κ2) is 5.93. The Morgan fingerprint density at radius 3 is 2.75 bits per heavy atom. The fourth-order valence-electron chi connectivity index (χ4n) is 1.74. The lowest BCUT2D eigenvalue weighted by atomic mass is 10.1. The molecule has 5 nitrogen and oxygen atoms in total. The summed E-state index contributed by atoms with van der Waals surface area (Å²) in [7, 11) is 1.70. The quantitative estimate of drug-likeness (QED) is 0.887. The molecule has 0 radical (unpaired) electrons. The predicted molar refractivity (Wildman–Crippen MR) is 82.4 cm³/mol. The lowest BCUT2D eigenvalue weighted by molar-refractivity contribution is 0.00523. The summed E-state index contributed by atoms with van der Waals surface area (Å²) < 4.78 is 11.2. The number of hydrogen-bond donors (Lipinski definition) is 1. The zero-order valence-electron chi connectivity index (χ0n) is 12.4. The van der Waals surface area contributed by atoms with Gasteiger partial charge in [-0.3, -0.25) is 0 Å². The van der Waals surface area contributed by atoms with Crippen molar-refractivity contribution < 1.29 is 9.47 Å². The fourth-order valence-corrected chi connectivity index (χ4v) is 2.71. The maximum atomic E-state index is 5.79. The highest BCUT2D eigenvalue weighted by molar-refractivity contribution is 7.18. The van der Waals surface area contributed by atoms with E-state index in [0.717, 1.165) is 23.1 Å². The standard InChI is InChI=1S/C14H21N3O2S/c1-5-9-8-10-11(16-13(15)17-12(10)20-9)19-7-6-14(2,3)18-4/h8H,5-7H2,1-4H3,(H2,15,16,17). The van der Waals surface area contributed by atoms with Crippen molar-refractivity contribution in [3.63, 3.8) is 0 Å². The lowest BCUT2D eigenvalue weighted by Crippen LogP contribution is -2.25. The van der Waals surface area contributed by atoms with E-state index in [1.807, 2.05) is 13.8 Å². The predicted octanol–water partition coefficient (Wildman–Crippen LogP) is 3.03. The minimum absolute atomic E-state index is 0.207. The Balaban J connectivity index is 2.18. The van der Waals surface area contributed by atoms with E-state index in [0.29, 0.717) is 12.5 Å². The van der Waals surface area contributed by atoms with E-state index in [9.17, 15) is 0 Å². The summed E-state index contributed by atoms with van der Waals surface area (Å²) in [4.78, 5) is 10.6. The molecule has 2 aromatic heterocycles. The van der Waals surface area contributed by atoms with Crippen LogP contribution in [0.2, 0.25) is 0 Å². The smallest absolute Gasteiger partial charge is 0.227 e. The topological polar surface area (TPSA) is 70.3 Å². The van der Waals surface area contributed by atoms with Crippen molar-refractivity contribution in [1.82, 2.24) is 9.97 Å². The van der Waals surface area contributed by atoms with Gasteiger partial charge in [-0.15, -0.1) is 11.3 Å². The van der Waals surface area contributed by atoms with Crippen molar-refractivity contribution in [2.75, 3.05) is 19.5 Å². The molecule has 0 aliphatic carbocycles. The van der Waals surface area contributed by atoms with Crippen LogP contribution >= 0.6 is 11.3 Å². The Hall–Kier alpha value is -1.40. The van der Waals surface area contributed by atoms with Crippen LogP contribution in [0.4, 0.5) is 5.95 Å². The Morgan fingerprint density at radius 2 is 2.10 bits per heavy atom. The molecule has 0 saturated carbocycles. The molecule has 0 fully saturated rings. The molecular weight excluding hydrogens is 274 g/mol.